The number of benzene rings is 3. The second-order valence-electron chi connectivity index (χ2n) is 12.2. The van der Waals surface area contributed by atoms with Crippen LogP contribution in [0.4, 0.5) is 5.69 Å². The molecule has 2 atom stereocenters. The number of fused-ring (bicyclic) bond motifs is 1. The van der Waals surface area contributed by atoms with Crippen LogP contribution in [0.25, 0.3) is 0 Å². The number of carbonyl (C=O) groups is 1. The number of rotatable bonds is 7. The Morgan fingerprint density at radius 1 is 0.952 bits per heavy atom. The molecule has 1 amide bonds. The number of sulfonamides is 1. The number of nitrogens with zero attached hydrogens (tertiary/aromatic N) is 2. The van der Waals surface area contributed by atoms with Crippen molar-refractivity contribution in [3.63, 3.8) is 0 Å². The Hall–Kier alpha value is -3.04. The van der Waals surface area contributed by atoms with Crippen LogP contribution in [0, 0.1) is 6.92 Å². The third kappa shape index (κ3) is 6.32. The maximum atomic E-state index is 14.1. The second kappa shape index (κ2) is 12.3. The van der Waals surface area contributed by atoms with Crippen molar-refractivity contribution in [2.75, 3.05) is 38.1 Å². The summed E-state index contributed by atoms with van der Waals surface area (Å²) < 4.78 is 36.5. The van der Waals surface area contributed by atoms with Crippen molar-refractivity contribution in [2.45, 2.75) is 68.4 Å². The van der Waals surface area contributed by atoms with Crippen molar-refractivity contribution in [2.24, 2.45) is 0 Å². The summed E-state index contributed by atoms with van der Waals surface area (Å²) in [6, 6.07) is 23.0. The molecule has 0 unspecified atom stereocenters. The lowest BCUT2D eigenvalue weighted by Crippen LogP contribution is -2.64. The molecule has 2 aliphatic heterocycles. The first-order valence-electron chi connectivity index (χ1n) is 15.2. The lowest BCUT2D eigenvalue weighted by molar-refractivity contribution is -0.144. The molecular weight excluding hydrogens is 546 g/mol. The van der Waals surface area contributed by atoms with Gasteiger partial charge in [0.1, 0.15) is 0 Å². The van der Waals surface area contributed by atoms with Gasteiger partial charge in [-0.1, -0.05) is 60.2 Å². The number of morpholine rings is 1. The highest BCUT2D eigenvalue weighted by atomic mass is 32.2. The van der Waals surface area contributed by atoms with Crippen LogP contribution in [0.1, 0.15) is 47.9 Å². The molecule has 3 aromatic carbocycles. The van der Waals surface area contributed by atoms with Crippen molar-refractivity contribution in [3.05, 3.63) is 95.1 Å². The number of anilines is 1. The van der Waals surface area contributed by atoms with Crippen LogP contribution >= 0.6 is 0 Å². The molecular formula is C34H41N3O4S. The number of likely N-dealkylation sites (tertiary alicyclic amines) is 1. The monoisotopic (exact) mass is 587 g/mol. The normalized spacial score (nSPS) is 23.4. The quantitative estimate of drug-likeness (QED) is 0.422. The first-order chi connectivity index (χ1) is 20.3. The third-order valence-corrected chi connectivity index (χ3v) is 10.9. The molecule has 1 aliphatic carbocycles. The molecule has 0 aromatic heterocycles. The molecule has 8 heteroatoms. The van der Waals surface area contributed by atoms with Crippen molar-refractivity contribution >= 4 is 21.6 Å². The fourth-order valence-corrected chi connectivity index (χ4v) is 8.54. The molecule has 6 rings (SSSR count). The van der Waals surface area contributed by atoms with E-state index >= 15 is 0 Å². The molecule has 0 radical (unpaired) electrons. The van der Waals surface area contributed by atoms with Crippen LogP contribution < -0.4 is 5.32 Å². The van der Waals surface area contributed by atoms with E-state index in [-0.39, 0.29) is 25.0 Å². The summed E-state index contributed by atoms with van der Waals surface area (Å²) in [4.78, 5) is 15.7. The van der Waals surface area contributed by atoms with Crippen molar-refractivity contribution in [1.82, 2.24) is 9.21 Å². The number of ether oxygens (including phenoxy) is 1. The summed E-state index contributed by atoms with van der Waals surface area (Å²) in [5.74, 6) is -0.0343. The smallest absolute Gasteiger partial charge is 0.243 e. The van der Waals surface area contributed by atoms with Gasteiger partial charge in [-0.25, -0.2) is 8.42 Å². The summed E-state index contributed by atoms with van der Waals surface area (Å²) in [5, 5.41) is 3.17. The SMILES string of the molecule is Cc1ccc(S(=O)(=O)N2C[C@]3(CCCN(CC(=O)Nc4cccc5c4CCCC5)C3)OC[C@@H]2Cc2ccccc2)cc1. The van der Waals surface area contributed by atoms with Gasteiger partial charge in [0.15, 0.2) is 0 Å². The van der Waals surface area contributed by atoms with E-state index in [0.717, 1.165) is 55.5 Å². The average Bonchev–Trinajstić information content (AvgIpc) is 2.99. The Morgan fingerprint density at radius 3 is 2.55 bits per heavy atom. The van der Waals surface area contributed by atoms with E-state index in [1.165, 1.54) is 17.5 Å². The van der Waals surface area contributed by atoms with Crippen molar-refractivity contribution in [3.8, 4) is 0 Å². The standard InChI is InChI=1S/C34H41N3O4S/c1-26-15-17-30(18-16-26)42(39,40)37-25-34(41-23-29(37)21-27-9-3-2-4-10-27)19-8-20-36(24-34)22-33(38)35-32-14-7-12-28-11-5-6-13-31(28)32/h2-4,7,9-10,12,14-18,29H,5-6,8,11,13,19-25H2,1H3,(H,35,38)/t29-,34+/m0/s1. The number of hydrogen-bond acceptors (Lipinski definition) is 5. The zero-order valence-electron chi connectivity index (χ0n) is 24.4. The topological polar surface area (TPSA) is 79.0 Å². The van der Waals surface area contributed by atoms with Gasteiger partial charge in [-0.15, -0.1) is 0 Å². The molecule has 1 N–H and O–H groups in total. The van der Waals surface area contributed by atoms with Crippen LogP contribution in [-0.4, -0.2) is 68.0 Å². The highest BCUT2D eigenvalue weighted by Gasteiger charge is 2.47. The molecule has 0 bridgehead atoms. The molecule has 2 heterocycles. The van der Waals surface area contributed by atoms with E-state index in [4.69, 9.17) is 4.74 Å². The highest BCUT2D eigenvalue weighted by molar-refractivity contribution is 7.89. The maximum absolute atomic E-state index is 14.1. The van der Waals surface area contributed by atoms with Gasteiger partial charge in [-0.2, -0.15) is 4.31 Å². The molecule has 7 nitrogen and oxygen atoms in total. The van der Waals surface area contributed by atoms with Crippen molar-refractivity contribution in [1.29, 1.82) is 0 Å². The first kappa shape index (κ1) is 29.1. The molecule has 3 aliphatic rings. The van der Waals surface area contributed by atoms with E-state index in [9.17, 15) is 13.2 Å². The zero-order valence-corrected chi connectivity index (χ0v) is 25.2. The summed E-state index contributed by atoms with van der Waals surface area (Å²) in [5.41, 5.74) is 4.98. The zero-order chi connectivity index (χ0) is 29.2. The average molecular weight is 588 g/mol. The maximum Gasteiger partial charge on any atom is 0.243 e. The second-order valence-corrected chi connectivity index (χ2v) is 14.1. The molecule has 0 saturated carbocycles. The predicted octanol–water partition coefficient (Wildman–Crippen LogP) is 4.98. The number of aryl methyl sites for hydroxylation is 2. The minimum atomic E-state index is -3.76. The Labute approximate surface area is 249 Å². The van der Waals surface area contributed by atoms with E-state index in [1.54, 1.807) is 16.4 Å². The molecule has 3 aromatic rings. The molecule has 2 fully saturated rings. The van der Waals surface area contributed by atoms with Gasteiger partial charge in [-0.3, -0.25) is 9.69 Å². The van der Waals surface area contributed by atoms with Crippen LogP contribution in [0.2, 0.25) is 0 Å². The van der Waals surface area contributed by atoms with Crippen LogP contribution in [0.5, 0.6) is 0 Å². The molecule has 1 spiro atoms. The minimum absolute atomic E-state index is 0.0343. The third-order valence-electron chi connectivity index (χ3n) is 9.03. The van der Waals surface area contributed by atoms with Gasteiger partial charge in [0.05, 0.1) is 29.7 Å². The van der Waals surface area contributed by atoms with Gasteiger partial charge in [0, 0.05) is 18.8 Å². The summed E-state index contributed by atoms with van der Waals surface area (Å²) in [6.45, 7) is 4.10. The summed E-state index contributed by atoms with van der Waals surface area (Å²) in [7, 11) is -3.76. The van der Waals surface area contributed by atoms with Gasteiger partial charge < -0.3 is 10.1 Å². The van der Waals surface area contributed by atoms with Gasteiger partial charge in [0.2, 0.25) is 15.9 Å². The fraction of sp³-hybridized carbons (Fsp3) is 0.441. The van der Waals surface area contributed by atoms with Gasteiger partial charge in [-0.05, 0) is 93.3 Å². The Balaban J connectivity index is 1.19. The van der Waals surface area contributed by atoms with Gasteiger partial charge >= 0.3 is 0 Å². The summed E-state index contributed by atoms with van der Waals surface area (Å²) >= 11 is 0. The lowest BCUT2D eigenvalue weighted by Gasteiger charge is -2.50. The summed E-state index contributed by atoms with van der Waals surface area (Å²) in [6.07, 6.45) is 6.60. The molecule has 2 saturated heterocycles. The number of amides is 1. The van der Waals surface area contributed by atoms with E-state index in [0.29, 0.717) is 24.5 Å². The molecule has 42 heavy (non-hydrogen) atoms. The Morgan fingerprint density at radius 2 is 1.74 bits per heavy atom. The first-order valence-corrected chi connectivity index (χ1v) is 16.6. The van der Waals surface area contributed by atoms with Crippen LogP contribution in [0.3, 0.4) is 0 Å². The minimum Gasteiger partial charge on any atom is -0.371 e. The number of piperidine rings is 1. The Kier molecular flexibility index (Phi) is 8.50. The fourth-order valence-electron chi connectivity index (χ4n) is 6.85. The number of carbonyl (C=O) groups excluding carboxylic acids is 1. The molecule has 222 valence electrons. The van der Waals surface area contributed by atoms with Gasteiger partial charge in [0.25, 0.3) is 0 Å². The van der Waals surface area contributed by atoms with E-state index in [2.05, 4.69) is 16.3 Å². The highest BCUT2D eigenvalue weighted by Crippen LogP contribution is 2.35. The number of hydrogen-bond donors (Lipinski definition) is 1. The van der Waals surface area contributed by atoms with E-state index in [1.807, 2.05) is 61.5 Å². The number of nitrogens with one attached hydrogen (secondary N) is 1. The lowest BCUT2D eigenvalue weighted by atomic mass is 9.89. The van der Waals surface area contributed by atoms with E-state index < -0.39 is 15.6 Å². The van der Waals surface area contributed by atoms with Crippen molar-refractivity contribution < 1.29 is 17.9 Å². The Bertz CT molecular complexity index is 1510. The van der Waals surface area contributed by atoms with Crippen LogP contribution in [-0.2, 0) is 38.8 Å². The predicted molar refractivity (Wildman–Crippen MR) is 165 cm³/mol. The largest absolute Gasteiger partial charge is 0.371 e. The van der Waals surface area contributed by atoms with Crippen LogP contribution in [0.15, 0.2) is 77.7 Å².